The summed E-state index contributed by atoms with van der Waals surface area (Å²) in [5.41, 5.74) is 3.51. The number of ether oxygens (including phenoxy) is 2. The highest BCUT2D eigenvalue weighted by Crippen LogP contribution is 2.33. The second kappa shape index (κ2) is 7.44. The molecule has 2 aromatic heterocycles. The van der Waals surface area contributed by atoms with Gasteiger partial charge in [0, 0.05) is 11.6 Å². The number of aromatic nitrogens is 3. The molecule has 8 heteroatoms. The van der Waals surface area contributed by atoms with Crippen molar-refractivity contribution in [1.82, 2.24) is 15.0 Å². The molecule has 0 unspecified atom stereocenters. The number of carbonyl (C=O) groups is 1. The zero-order chi connectivity index (χ0) is 20.5. The van der Waals surface area contributed by atoms with Crippen LogP contribution in [0.15, 0.2) is 48.5 Å². The number of carboxylic acid groups (broad SMARTS) is 1. The van der Waals surface area contributed by atoms with Crippen LogP contribution in [0.3, 0.4) is 0 Å². The molecule has 4 rings (SSSR count). The molecule has 0 spiro atoms. The van der Waals surface area contributed by atoms with Gasteiger partial charge in [-0.3, -0.25) is 0 Å². The van der Waals surface area contributed by atoms with E-state index in [0.717, 1.165) is 0 Å². The topological polar surface area (TPSA) is 97.3 Å². The molecule has 0 aliphatic carbocycles. The molecule has 29 heavy (non-hydrogen) atoms. The van der Waals surface area contributed by atoms with Gasteiger partial charge in [0.05, 0.1) is 34.4 Å². The van der Waals surface area contributed by atoms with Gasteiger partial charge in [-0.05, 0) is 42.8 Å². The molecule has 0 bridgehead atoms. The lowest BCUT2D eigenvalue weighted by Crippen LogP contribution is -2.00. The Labute approximate surface area is 170 Å². The second-order valence-electron chi connectivity index (χ2n) is 6.34. The van der Waals surface area contributed by atoms with E-state index in [4.69, 9.17) is 21.1 Å². The first-order valence-electron chi connectivity index (χ1n) is 8.67. The summed E-state index contributed by atoms with van der Waals surface area (Å²) in [5, 5.41) is 9.77. The van der Waals surface area contributed by atoms with Gasteiger partial charge in [0.1, 0.15) is 5.75 Å². The molecule has 0 saturated carbocycles. The molecule has 0 fully saturated rings. The standard InChI is InChI=1S/C21H16ClN3O4/c1-11-6-7-12(8-13(11)20(26)27)29-21-24-17-9-14(15(22)10-18(17)25-21)16-4-3-5-19(23-16)28-2/h3-10H,1-2H3,(H,24,25)(H,26,27). The largest absolute Gasteiger partial charge is 0.481 e. The minimum atomic E-state index is -1.01. The number of H-pyrrole nitrogens is 1. The molecule has 0 radical (unpaired) electrons. The fourth-order valence-corrected chi connectivity index (χ4v) is 3.20. The van der Waals surface area contributed by atoms with Gasteiger partial charge < -0.3 is 19.6 Å². The summed E-state index contributed by atoms with van der Waals surface area (Å²) in [5.74, 6) is -0.161. The monoisotopic (exact) mass is 409 g/mol. The minimum absolute atomic E-state index is 0.174. The molecule has 0 amide bonds. The maximum Gasteiger partial charge on any atom is 0.336 e. The predicted molar refractivity (Wildman–Crippen MR) is 109 cm³/mol. The number of aromatic amines is 1. The Morgan fingerprint density at radius 2 is 1.97 bits per heavy atom. The Morgan fingerprint density at radius 3 is 2.72 bits per heavy atom. The maximum absolute atomic E-state index is 11.3. The highest BCUT2D eigenvalue weighted by atomic mass is 35.5. The molecule has 7 nitrogen and oxygen atoms in total. The number of pyridine rings is 1. The highest BCUT2D eigenvalue weighted by Gasteiger charge is 2.14. The Morgan fingerprint density at radius 1 is 1.14 bits per heavy atom. The second-order valence-corrected chi connectivity index (χ2v) is 6.75. The van der Waals surface area contributed by atoms with Crippen LogP contribution >= 0.6 is 11.6 Å². The first kappa shape index (κ1) is 18.8. The van der Waals surface area contributed by atoms with Gasteiger partial charge in [-0.1, -0.05) is 23.7 Å². The van der Waals surface area contributed by atoms with Crippen LogP contribution in [0.25, 0.3) is 22.3 Å². The lowest BCUT2D eigenvalue weighted by molar-refractivity contribution is 0.0695. The number of hydrogen-bond acceptors (Lipinski definition) is 5. The fourth-order valence-electron chi connectivity index (χ4n) is 2.94. The van der Waals surface area contributed by atoms with Crippen molar-refractivity contribution in [2.75, 3.05) is 7.11 Å². The molecule has 2 N–H and O–H groups in total. The first-order valence-corrected chi connectivity index (χ1v) is 9.05. The van der Waals surface area contributed by atoms with Crippen molar-refractivity contribution >= 4 is 28.6 Å². The average molecular weight is 410 g/mol. The molecule has 0 aliphatic heterocycles. The van der Waals surface area contributed by atoms with E-state index in [2.05, 4.69) is 15.0 Å². The van der Waals surface area contributed by atoms with Crippen molar-refractivity contribution in [2.24, 2.45) is 0 Å². The molecular formula is C21H16ClN3O4. The van der Waals surface area contributed by atoms with Crippen LogP contribution in [0.1, 0.15) is 15.9 Å². The SMILES string of the molecule is COc1cccc(-c2cc3nc(Oc4ccc(C)c(C(=O)O)c4)[nH]c3cc2Cl)n1. The van der Waals surface area contributed by atoms with Crippen molar-refractivity contribution in [3.05, 3.63) is 64.7 Å². The Bertz CT molecular complexity index is 1240. The Balaban J connectivity index is 1.70. The van der Waals surface area contributed by atoms with E-state index in [1.54, 1.807) is 44.4 Å². The van der Waals surface area contributed by atoms with Crippen molar-refractivity contribution in [3.63, 3.8) is 0 Å². The number of carboxylic acids is 1. The van der Waals surface area contributed by atoms with E-state index in [-0.39, 0.29) is 11.6 Å². The average Bonchev–Trinajstić information content (AvgIpc) is 3.09. The summed E-state index contributed by atoms with van der Waals surface area (Å²) >= 11 is 6.44. The predicted octanol–water partition coefficient (Wildman–Crippen LogP) is 5.09. The zero-order valence-corrected chi connectivity index (χ0v) is 16.3. The number of halogens is 1. The molecule has 4 aromatic rings. The van der Waals surface area contributed by atoms with Crippen LogP contribution in [0, 0.1) is 6.92 Å². The van der Waals surface area contributed by atoms with Crippen LogP contribution in [0.5, 0.6) is 17.6 Å². The minimum Gasteiger partial charge on any atom is -0.481 e. The first-order chi connectivity index (χ1) is 13.9. The van der Waals surface area contributed by atoms with Gasteiger partial charge in [0.25, 0.3) is 6.01 Å². The molecule has 0 atom stereocenters. The van der Waals surface area contributed by atoms with Gasteiger partial charge >= 0.3 is 5.97 Å². The molecular weight excluding hydrogens is 394 g/mol. The summed E-state index contributed by atoms with van der Waals surface area (Å²) in [6.45, 7) is 1.73. The molecule has 2 aromatic carbocycles. The van der Waals surface area contributed by atoms with Crippen molar-refractivity contribution in [1.29, 1.82) is 0 Å². The van der Waals surface area contributed by atoms with Gasteiger partial charge in [-0.2, -0.15) is 4.98 Å². The summed E-state index contributed by atoms with van der Waals surface area (Å²) in [6, 6.07) is 14.0. The normalized spacial score (nSPS) is 10.9. The maximum atomic E-state index is 11.3. The third-order valence-electron chi connectivity index (χ3n) is 4.41. The Hall–Kier alpha value is -3.58. The van der Waals surface area contributed by atoms with E-state index in [9.17, 15) is 9.90 Å². The van der Waals surface area contributed by atoms with E-state index in [1.807, 2.05) is 12.1 Å². The number of fused-ring (bicyclic) bond motifs is 1. The number of aromatic carboxylic acids is 1. The van der Waals surface area contributed by atoms with E-state index < -0.39 is 5.97 Å². The third-order valence-corrected chi connectivity index (χ3v) is 4.72. The Kier molecular flexibility index (Phi) is 4.82. The number of methoxy groups -OCH3 is 1. The number of nitrogens with one attached hydrogen (secondary N) is 1. The van der Waals surface area contributed by atoms with Crippen LogP contribution in [0.2, 0.25) is 5.02 Å². The number of hydrogen-bond donors (Lipinski definition) is 2. The number of imidazole rings is 1. The summed E-state index contributed by atoms with van der Waals surface area (Å²) < 4.78 is 10.9. The summed E-state index contributed by atoms with van der Waals surface area (Å²) in [4.78, 5) is 23.2. The van der Waals surface area contributed by atoms with Crippen LogP contribution in [-0.4, -0.2) is 33.1 Å². The smallest absolute Gasteiger partial charge is 0.336 e. The summed E-state index contributed by atoms with van der Waals surface area (Å²) in [6.07, 6.45) is 0. The lowest BCUT2D eigenvalue weighted by Gasteiger charge is -2.05. The quantitative estimate of drug-likeness (QED) is 0.476. The van der Waals surface area contributed by atoms with E-state index in [1.165, 1.54) is 6.07 Å². The highest BCUT2D eigenvalue weighted by molar-refractivity contribution is 6.34. The van der Waals surface area contributed by atoms with Crippen LogP contribution in [0.4, 0.5) is 0 Å². The number of rotatable bonds is 5. The van der Waals surface area contributed by atoms with Gasteiger partial charge in [0.2, 0.25) is 5.88 Å². The van der Waals surface area contributed by atoms with Crippen molar-refractivity contribution in [3.8, 4) is 28.9 Å². The third kappa shape index (κ3) is 3.72. The van der Waals surface area contributed by atoms with Crippen molar-refractivity contribution in [2.45, 2.75) is 6.92 Å². The number of aryl methyl sites for hydroxylation is 1. The van der Waals surface area contributed by atoms with Crippen LogP contribution in [-0.2, 0) is 0 Å². The molecule has 146 valence electrons. The molecule has 2 heterocycles. The summed E-state index contributed by atoms with van der Waals surface area (Å²) in [7, 11) is 1.55. The van der Waals surface area contributed by atoms with E-state index in [0.29, 0.717) is 44.5 Å². The van der Waals surface area contributed by atoms with Gasteiger partial charge in [-0.15, -0.1) is 0 Å². The molecule has 0 aliphatic rings. The fraction of sp³-hybridized carbons (Fsp3) is 0.0952. The number of nitrogens with zero attached hydrogens (tertiary/aromatic N) is 2. The van der Waals surface area contributed by atoms with Gasteiger partial charge in [0.15, 0.2) is 0 Å². The van der Waals surface area contributed by atoms with Crippen molar-refractivity contribution < 1.29 is 19.4 Å². The van der Waals surface area contributed by atoms with Gasteiger partial charge in [-0.25, -0.2) is 9.78 Å². The lowest BCUT2D eigenvalue weighted by atomic mass is 10.1. The van der Waals surface area contributed by atoms with E-state index >= 15 is 0 Å². The van der Waals surface area contributed by atoms with Crippen LogP contribution < -0.4 is 9.47 Å². The number of benzene rings is 2. The molecule has 0 saturated heterocycles. The zero-order valence-electron chi connectivity index (χ0n) is 15.6.